The second-order valence-corrected chi connectivity index (χ2v) is 4.59. The topological polar surface area (TPSA) is 57.5 Å². The molecule has 0 aromatic rings. The molecule has 0 saturated heterocycles. The first-order valence-corrected chi connectivity index (χ1v) is 7.66. The van der Waals surface area contributed by atoms with E-state index < -0.39 is 8.25 Å². The van der Waals surface area contributed by atoms with Crippen molar-refractivity contribution in [2.24, 2.45) is 0 Å². The molecule has 0 fully saturated rings. The molecule has 0 aromatic carbocycles. The molecule has 0 aliphatic carbocycles. The van der Waals surface area contributed by atoms with Gasteiger partial charge in [0.2, 0.25) is 0 Å². The molecule has 0 unspecified atom stereocenters. The van der Waals surface area contributed by atoms with Crippen molar-refractivity contribution >= 4 is 8.25 Å². The van der Waals surface area contributed by atoms with E-state index in [0.29, 0.717) is 0 Å². The molecule has 0 heterocycles. The highest BCUT2D eigenvalue weighted by atomic mass is 31.1. The zero-order valence-electron chi connectivity index (χ0n) is 10.8. The summed E-state index contributed by atoms with van der Waals surface area (Å²) in [4.78, 5) is 14.2. The lowest BCUT2D eigenvalue weighted by Gasteiger charge is -1.99. The SMILES string of the molecule is CCCCCCCCCCCC.O=[P+](O)O. The van der Waals surface area contributed by atoms with Crippen molar-refractivity contribution in [1.82, 2.24) is 0 Å². The maximum Gasteiger partial charge on any atom is 0.692 e. The highest BCUT2D eigenvalue weighted by Gasteiger charge is 1.93. The van der Waals surface area contributed by atoms with E-state index in [1.54, 1.807) is 0 Å². The third-order valence-corrected chi connectivity index (χ3v) is 2.46. The van der Waals surface area contributed by atoms with Gasteiger partial charge in [-0.3, -0.25) is 0 Å². The standard InChI is InChI=1S/C12H26.HO3P/c1-3-5-7-9-11-12-10-8-6-4-2;1-4(2)3/h3-12H2,1-2H3;(H-,1,2,3)/p+1. The lowest BCUT2D eigenvalue weighted by Crippen LogP contribution is -1.80. The van der Waals surface area contributed by atoms with Crippen LogP contribution in [0.5, 0.6) is 0 Å². The Morgan fingerprint density at radius 1 is 0.688 bits per heavy atom. The van der Waals surface area contributed by atoms with Crippen molar-refractivity contribution < 1.29 is 14.4 Å². The molecule has 3 nitrogen and oxygen atoms in total. The summed E-state index contributed by atoms with van der Waals surface area (Å²) < 4.78 is 8.70. The van der Waals surface area contributed by atoms with Gasteiger partial charge >= 0.3 is 8.25 Å². The number of unbranched alkanes of at least 4 members (excludes halogenated alkanes) is 9. The number of hydrogen-bond donors (Lipinski definition) is 2. The molecule has 0 amide bonds. The first-order chi connectivity index (χ1) is 7.65. The molecule has 4 heteroatoms. The molecule has 2 N–H and O–H groups in total. The van der Waals surface area contributed by atoms with Crippen LogP contribution in [0.1, 0.15) is 78.1 Å². The van der Waals surface area contributed by atoms with Crippen LogP contribution in [0.15, 0.2) is 0 Å². The zero-order valence-corrected chi connectivity index (χ0v) is 11.7. The van der Waals surface area contributed by atoms with Crippen molar-refractivity contribution in [3.8, 4) is 0 Å². The molecule has 0 aromatic heterocycles. The fraction of sp³-hybridized carbons (Fsp3) is 1.00. The van der Waals surface area contributed by atoms with Crippen LogP contribution >= 0.6 is 8.25 Å². The fourth-order valence-corrected chi connectivity index (χ4v) is 1.56. The van der Waals surface area contributed by atoms with Gasteiger partial charge in [-0.15, -0.1) is 9.79 Å². The van der Waals surface area contributed by atoms with Crippen molar-refractivity contribution in [2.45, 2.75) is 78.1 Å². The average Bonchev–Trinajstić information content (AvgIpc) is 2.21. The van der Waals surface area contributed by atoms with E-state index in [1.165, 1.54) is 64.2 Å². The van der Waals surface area contributed by atoms with Crippen LogP contribution in [0.25, 0.3) is 0 Å². The van der Waals surface area contributed by atoms with Crippen LogP contribution in [0.2, 0.25) is 0 Å². The van der Waals surface area contributed by atoms with E-state index in [4.69, 9.17) is 14.4 Å². The molecule has 0 aliphatic heterocycles. The molecule has 0 rings (SSSR count). The van der Waals surface area contributed by atoms with Gasteiger partial charge < -0.3 is 0 Å². The minimum Gasteiger partial charge on any atom is -0.134 e. The molecule has 0 saturated carbocycles. The summed E-state index contributed by atoms with van der Waals surface area (Å²) in [5.74, 6) is 0. The molecule has 0 aliphatic rings. The summed E-state index contributed by atoms with van der Waals surface area (Å²) in [6, 6.07) is 0. The van der Waals surface area contributed by atoms with E-state index in [1.807, 2.05) is 0 Å². The van der Waals surface area contributed by atoms with Crippen LogP contribution < -0.4 is 0 Å². The van der Waals surface area contributed by atoms with Gasteiger partial charge in [-0.05, 0) is 0 Å². The van der Waals surface area contributed by atoms with Gasteiger partial charge in [0.25, 0.3) is 0 Å². The van der Waals surface area contributed by atoms with E-state index in [2.05, 4.69) is 13.8 Å². The molecule has 0 radical (unpaired) electrons. The van der Waals surface area contributed by atoms with Gasteiger partial charge in [0.05, 0.1) is 0 Å². The Morgan fingerprint density at radius 3 is 1.06 bits per heavy atom. The van der Waals surface area contributed by atoms with Crippen LogP contribution in [-0.4, -0.2) is 9.79 Å². The average molecular weight is 251 g/mol. The third kappa shape index (κ3) is 29.2. The summed E-state index contributed by atoms with van der Waals surface area (Å²) >= 11 is 0. The minimum atomic E-state index is -2.87. The van der Waals surface area contributed by atoms with Crippen molar-refractivity contribution in [3.63, 3.8) is 0 Å². The molecule has 98 valence electrons. The predicted molar refractivity (Wildman–Crippen MR) is 69.6 cm³/mol. The largest absolute Gasteiger partial charge is 0.692 e. The maximum atomic E-state index is 8.70. The Bertz CT molecular complexity index is 126. The Labute approximate surface area is 101 Å². The molecule has 0 spiro atoms. The number of hydrogen-bond acceptors (Lipinski definition) is 1. The normalized spacial score (nSPS) is 9.50. The van der Waals surface area contributed by atoms with E-state index in [0.717, 1.165) is 0 Å². The zero-order chi connectivity index (χ0) is 12.6. The van der Waals surface area contributed by atoms with Crippen LogP contribution in [-0.2, 0) is 4.57 Å². The summed E-state index contributed by atoms with van der Waals surface area (Å²) in [6.45, 7) is 4.56. The maximum absolute atomic E-state index is 8.70. The van der Waals surface area contributed by atoms with E-state index >= 15 is 0 Å². The lowest BCUT2D eigenvalue weighted by molar-refractivity contribution is 0.405. The van der Waals surface area contributed by atoms with Gasteiger partial charge in [-0.25, -0.2) is 0 Å². The lowest BCUT2D eigenvalue weighted by atomic mass is 10.1. The Kier molecular flexibility index (Phi) is 20.0. The van der Waals surface area contributed by atoms with Crippen molar-refractivity contribution in [2.75, 3.05) is 0 Å². The summed E-state index contributed by atoms with van der Waals surface area (Å²) in [5.41, 5.74) is 0. The van der Waals surface area contributed by atoms with Crippen LogP contribution in [0.3, 0.4) is 0 Å². The van der Waals surface area contributed by atoms with E-state index in [9.17, 15) is 0 Å². The van der Waals surface area contributed by atoms with Crippen LogP contribution in [0, 0.1) is 0 Å². The highest BCUT2D eigenvalue weighted by molar-refractivity contribution is 7.30. The summed E-state index contributed by atoms with van der Waals surface area (Å²) in [6.07, 6.45) is 14.4. The highest BCUT2D eigenvalue weighted by Crippen LogP contribution is 2.09. The Hall–Kier alpha value is 0.0200. The fourth-order valence-electron chi connectivity index (χ4n) is 1.56. The second kappa shape index (κ2) is 17.4. The Morgan fingerprint density at radius 2 is 0.875 bits per heavy atom. The van der Waals surface area contributed by atoms with Crippen molar-refractivity contribution in [1.29, 1.82) is 0 Å². The minimum absolute atomic E-state index is 1.37. The first kappa shape index (κ1) is 18.4. The van der Waals surface area contributed by atoms with Gasteiger partial charge in [-0.1, -0.05) is 78.1 Å². The smallest absolute Gasteiger partial charge is 0.134 e. The third-order valence-electron chi connectivity index (χ3n) is 2.46. The first-order valence-electron chi connectivity index (χ1n) is 6.50. The molecule has 0 atom stereocenters. The summed E-state index contributed by atoms with van der Waals surface area (Å²) in [7, 11) is -2.87. The molecule has 16 heavy (non-hydrogen) atoms. The quantitative estimate of drug-likeness (QED) is 0.466. The van der Waals surface area contributed by atoms with Gasteiger partial charge in [0.15, 0.2) is 0 Å². The monoisotopic (exact) mass is 251 g/mol. The van der Waals surface area contributed by atoms with Gasteiger partial charge in [-0.2, -0.15) is 0 Å². The molecular formula is C12H28O3P+. The van der Waals surface area contributed by atoms with Gasteiger partial charge in [0.1, 0.15) is 0 Å². The van der Waals surface area contributed by atoms with Crippen molar-refractivity contribution in [3.05, 3.63) is 0 Å². The molecular weight excluding hydrogens is 223 g/mol. The van der Waals surface area contributed by atoms with Gasteiger partial charge in [0, 0.05) is 4.57 Å². The second-order valence-electron chi connectivity index (χ2n) is 4.08. The summed E-state index contributed by atoms with van der Waals surface area (Å²) in [5, 5.41) is 0. The Balaban J connectivity index is 0. The molecule has 0 bridgehead atoms. The predicted octanol–water partition coefficient (Wildman–Crippen LogP) is 4.56. The van der Waals surface area contributed by atoms with E-state index in [-0.39, 0.29) is 0 Å². The number of rotatable bonds is 9. The van der Waals surface area contributed by atoms with Crippen LogP contribution in [0.4, 0.5) is 0 Å².